The van der Waals surface area contributed by atoms with Crippen LogP contribution >= 0.6 is 34.8 Å². The number of piperazine rings is 1. The van der Waals surface area contributed by atoms with Crippen molar-refractivity contribution in [1.29, 1.82) is 0 Å². The number of amides is 2. The van der Waals surface area contributed by atoms with E-state index in [9.17, 15) is 9.59 Å². The molecule has 1 fully saturated rings. The first-order chi connectivity index (χ1) is 16.4. The van der Waals surface area contributed by atoms with Crippen molar-refractivity contribution < 1.29 is 14.3 Å². The average molecular weight is 519 g/mol. The second-order valence-corrected chi connectivity index (χ2v) is 8.98. The van der Waals surface area contributed by atoms with Crippen LogP contribution in [0, 0.1) is 0 Å². The molecule has 0 atom stereocenters. The first-order valence-corrected chi connectivity index (χ1v) is 11.7. The smallest absolute Gasteiger partial charge is 0.259 e. The molecule has 0 aromatic heterocycles. The van der Waals surface area contributed by atoms with Gasteiger partial charge in [-0.3, -0.25) is 9.59 Å². The van der Waals surface area contributed by atoms with E-state index in [1.165, 1.54) is 19.2 Å². The molecule has 0 radical (unpaired) electrons. The molecule has 4 rings (SSSR count). The van der Waals surface area contributed by atoms with Crippen LogP contribution in [-0.4, -0.2) is 50.0 Å². The summed E-state index contributed by atoms with van der Waals surface area (Å²) in [5, 5.41) is 3.88. The molecule has 6 nitrogen and oxygen atoms in total. The number of halogens is 3. The summed E-state index contributed by atoms with van der Waals surface area (Å²) in [6, 6.07) is 17.6. The largest absolute Gasteiger partial charge is 0.494 e. The summed E-state index contributed by atoms with van der Waals surface area (Å²) in [7, 11) is 1.44. The molecular weight excluding hydrogens is 497 g/mol. The van der Waals surface area contributed by atoms with Crippen LogP contribution in [0.15, 0.2) is 60.7 Å². The number of ether oxygens (including phenoxy) is 1. The Bertz CT molecular complexity index is 1210. The number of nitrogens with one attached hydrogen (secondary N) is 1. The Labute approximate surface area is 213 Å². The van der Waals surface area contributed by atoms with Crippen molar-refractivity contribution in [3.63, 3.8) is 0 Å². The van der Waals surface area contributed by atoms with E-state index in [-0.39, 0.29) is 22.2 Å². The van der Waals surface area contributed by atoms with Gasteiger partial charge in [0.15, 0.2) is 0 Å². The zero-order valence-corrected chi connectivity index (χ0v) is 20.6. The predicted octanol–water partition coefficient (Wildman–Crippen LogP) is 5.87. The molecule has 1 heterocycles. The van der Waals surface area contributed by atoms with Crippen LogP contribution in [0.2, 0.25) is 15.1 Å². The number of benzene rings is 3. The zero-order valence-electron chi connectivity index (χ0n) is 18.4. The Kier molecular flexibility index (Phi) is 7.51. The summed E-state index contributed by atoms with van der Waals surface area (Å²) in [5.74, 6) is -0.145. The van der Waals surface area contributed by atoms with Crippen LogP contribution in [0.4, 0.5) is 11.4 Å². The third-order valence-corrected chi connectivity index (χ3v) is 6.39. The van der Waals surface area contributed by atoms with Gasteiger partial charge < -0.3 is 19.9 Å². The molecule has 0 unspecified atom stereocenters. The zero-order chi connectivity index (χ0) is 24.2. The summed E-state index contributed by atoms with van der Waals surface area (Å²) in [5.41, 5.74) is 2.27. The van der Waals surface area contributed by atoms with Gasteiger partial charge in [-0.1, -0.05) is 53.0 Å². The minimum Gasteiger partial charge on any atom is -0.494 e. The quantitative estimate of drug-likeness (QED) is 0.459. The number of hydrogen-bond donors (Lipinski definition) is 1. The lowest BCUT2D eigenvalue weighted by Gasteiger charge is -2.36. The lowest BCUT2D eigenvalue weighted by molar-refractivity contribution is 0.0746. The van der Waals surface area contributed by atoms with Gasteiger partial charge in [0, 0.05) is 42.5 Å². The fraction of sp³-hybridized carbons (Fsp3) is 0.200. The van der Waals surface area contributed by atoms with E-state index in [0.29, 0.717) is 47.5 Å². The maximum absolute atomic E-state index is 12.8. The maximum Gasteiger partial charge on any atom is 0.259 e. The number of methoxy groups -OCH3 is 1. The molecule has 0 bridgehead atoms. The fourth-order valence-electron chi connectivity index (χ4n) is 3.89. The first-order valence-electron chi connectivity index (χ1n) is 10.6. The summed E-state index contributed by atoms with van der Waals surface area (Å²) in [6.45, 7) is 2.50. The van der Waals surface area contributed by atoms with Gasteiger partial charge in [-0.05, 0) is 42.5 Å². The molecule has 0 saturated carbocycles. The van der Waals surface area contributed by atoms with Gasteiger partial charge in [0.2, 0.25) is 0 Å². The number of carbonyl (C=O) groups is 2. The minimum atomic E-state index is -0.418. The Morgan fingerprint density at radius 2 is 1.59 bits per heavy atom. The van der Waals surface area contributed by atoms with E-state index in [2.05, 4.69) is 10.2 Å². The first kappa shape index (κ1) is 24.2. The third-order valence-electron chi connectivity index (χ3n) is 5.59. The number of carbonyl (C=O) groups excluding carboxylic acids is 2. The molecule has 1 N–H and O–H groups in total. The molecular formula is C25H22Cl3N3O3. The number of hydrogen-bond acceptors (Lipinski definition) is 4. The Balaban J connectivity index is 1.42. The van der Waals surface area contributed by atoms with E-state index in [1.807, 2.05) is 41.3 Å². The molecule has 3 aromatic carbocycles. The topological polar surface area (TPSA) is 61.9 Å². The molecule has 176 valence electrons. The summed E-state index contributed by atoms with van der Waals surface area (Å²) < 4.78 is 5.25. The normalized spacial score (nSPS) is 13.5. The Morgan fingerprint density at radius 1 is 0.882 bits per heavy atom. The van der Waals surface area contributed by atoms with Crippen molar-refractivity contribution >= 4 is 58.0 Å². The molecule has 34 heavy (non-hydrogen) atoms. The molecule has 9 heteroatoms. The molecule has 1 aliphatic rings. The van der Waals surface area contributed by atoms with Gasteiger partial charge in [-0.2, -0.15) is 0 Å². The molecule has 0 aliphatic carbocycles. The van der Waals surface area contributed by atoms with Gasteiger partial charge >= 0.3 is 0 Å². The van der Waals surface area contributed by atoms with Crippen molar-refractivity contribution in [2.75, 3.05) is 43.5 Å². The van der Waals surface area contributed by atoms with E-state index in [0.717, 1.165) is 5.69 Å². The van der Waals surface area contributed by atoms with E-state index >= 15 is 0 Å². The van der Waals surface area contributed by atoms with Gasteiger partial charge in [0.05, 0.1) is 28.4 Å². The number of nitrogens with zero attached hydrogens (tertiary/aromatic N) is 2. The number of anilines is 2. The molecule has 0 spiro atoms. The van der Waals surface area contributed by atoms with Crippen molar-refractivity contribution in [2.45, 2.75) is 0 Å². The maximum atomic E-state index is 12.8. The molecule has 1 saturated heterocycles. The highest BCUT2D eigenvalue weighted by Gasteiger charge is 2.24. The third kappa shape index (κ3) is 5.25. The van der Waals surface area contributed by atoms with Gasteiger partial charge in [-0.25, -0.2) is 0 Å². The van der Waals surface area contributed by atoms with Crippen LogP contribution in [0.3, 0.4) is 0 Å². The molecule has 2 amide bonds. The van der Waals surface area contributed by atoms with Crippen LogP contribution in [0.5, 0.6) is 5.75 Å². The Hall–Kier alpha value is -2.93. The highest BCUT2D eigenvalue weighted by Crippen LogP contribution is 2.34. The SMILES string of the molecule is COc1c(Cl)cc(Cl)cc1C(=O)Nc1ccc(N2CCN(C(=O)c3ccccc3)CC2)c(Cl)c1. The van der Waals surface area contributed by atoms with Crippen LogP contribution < -0.4 is 15.0 Å². The second-order valence-electron chi connectivity index (χ2n) is 7.73. The van der Waals surface area contributed by atoms with Crippen LogP contribution in [0.25, 0.3) is 0 Å². The molecule has 3 aromatic rings. The van der Waals surface area contributed by atoms with Gasteiger partial charge in [0.1, 0.15) is 5.75 Å². The highest BCUT2D eigenvalue weighted by atomic mass is 35.5. The number of rotatable bonds is 5. The van der Waals surface area contributed by atoms with Gasteiger partial charge in [-0.15, -0.1) is 0 Å². The van der Waals surface area contributed by atoms with Crippen LogP contribution in [-0.2, 0) is 0 Å². The lowest BCUT2D eigenvalue weighted by atomic mass is 10.1. The van der Waals surface area contributed by atoms with Crippen molar-refractivity contribution in [3.05, 3.63) is 86.9 Å². The van der Waals surface area contributed by atoms with E-state index in [4.69, 9.17) is 39.5 Å². The second kappa shape index (κ2) is 10.6. The van der Waals surface area contributed by atoms with E-state index in [1.54, 1.807) is 12.1 Å². The summed E-state index contributed by atoms with van der Waals surface area (Å²) >= 11 is 18.7. The van der Waals surface area contributed by atoms with Crippen molar-refractivity contribution in [3.8, 4) is 5.75 Å². The lowest BCUT2D eigenvalue weighted by Crippen LogP contribution is -2.48. The standard InChI is InChI=1S/C25H22Cl3N3O3/c1-34-23-19(13-17(26)14-21(23)28)24(32)29-18-7-8-22(20(27)15-18)30-9-11-31(12-10-30)25(33)16-5-3-2-4-6-16/h2-8,13-15H,9-12H2,1H3,(H,29,32). The molecule has 1 aliphatic heterocycles. The monoisotopic (exact) mass is 517 g/mol. The van der Waals surface area contributed by atoms with Crippen LogP contribution in [0.1, 0.15) is 20.7 Å². The fourth-order valence-corrected chi connectivity index (χ4v) is 4.76. The van der Waals surface area contributed by atoms with Gasteiger partial charge in [0.25, 0.3) is 11.8 Å². The average Bonchev–Trinajstić information content (AvgIpc) is 2.84. The highest BCUT2D eigenvalue weighted by molar-refractivity contribution is 6.36. The summed E-state index contributed by atoms with van der Waals surface area (Å²) in [6.07, 6.45) is 0. The predicted molar refractivity (Wildman–Crippen MR) is 137 cm³/mol. The Morgan fingerprint density at radius 3 is 2.24 bits per heavy atom. The van der Waals surface area contributed by atoms with E-state index < -0.39 is 5.91 Å². The minimum absolute atomic E-state index is 0.0287. The van der Waals surface area contributed by atoms with Crippen molar-refractivity contribution in [1.82, 2.24) is 4.90 Å². The van der Waals surface area contributed by atoms with Crippen molar-refractivity contribution in [2.24, 2.45) is 0 Å². The summed E-state index contributed by atoms with van der Waals surface area (Å²) in [4.78, 5) is 29.5.